The molecular weight excluding hydrogens is 298 g/mol. The number of hydrogen-bond acceptors (Lipinski definition) is 4. The van der Waals surface area contributed by atoms with Crippen LogP contribution in [0.4, 0.5) is 0 Å². The fraction of sp³-hybridized carbons (Fsp3) is 0.500. The van der Waals surface area contributed by atoms with Crippen molar-refractivity contribution >= 4 is 17.2 Å². The Balaban J connectivity index is 1.91. The predicted molar refractivity (Wildman–Crippen MR) is 88.0 cm³/mol. The van der Waals surface area contributed by atoms with E-state index in [9.17, 15) is 9.90 Å². The molecule has 0 spiro atoms. The van der Waals surface area contributed by atoms with E-state index in [1.165, 1.54) is 11.3 Å². The van der Waals surface area contributed by atoms with Crippen LogP contribution in [0.2, 0.25) is 0 Å². The van der Waals surface area contributed by atoms with E-state index in [0.29, 0.717) is 6.42 Å². The minimum Gasteiger partial charge on any atom is -0.384 e. The van der Waals surface area contributed by atoms with Crippen LogP contribution in [0.5, 0.6) is 0 Å². The molecule has 2 aromatic rings. The van der Waals surface area contributed by atoms with Crippen LogP contribution in [0, 0.1) is 13.8 Å². The number of aryl methyl sites for hydroxylation is 2. The molecule has 0 fully saturated rings. The second kappa shape index (κ2) is 6.62. The molecule has 3 N–H and O–H groups in total. The normalized spacial score (nSPS) is 15.3. The number of thiophene rings is 1. The molecule has 2 atom stereocenters. The molecule has 6 heteroatoms. The second-order valence-electron chi connectivity index (χ2n) is 6.02. The Morgan fingerprint density at radius 1 is 1.55 bits per heavy atom. The van der Waals surface area contributed by atoms with Gasteiger partial charge < -0.3 is 10.4 Å². The third kappa shape index (κ3) is 3.75. The van der Waals surface area contributed by atoms with Crippen molar-refractivity contribution in [2.24, 2.45) is 0 Å². The van der Waals surface area contributed by atoms with Gasteiger partial charge in [0.25, 0.3) is 0 Å². The molecule has 2 unspecified atom stereocenters. The van der Waals surface area contributed by atoms with Crippen LogP contribution in [0.1, 0.15) is 48.7 Å². The lowest BCUT2D eigenvalue weighted by Crippen LogP contribution is -2.38. The number of aromatic nitrogens is 2. The maximum atomic E-state index is 12.1. The zero-order valence-corrected chi connectivity index (χ0v) is 14.3. The summed E-state index contributed by atoms with van der Waals surface area (Å²) in [6, 6.07) is 1.87. The van der Waals surface area contributed by atoms with Crippen molar-refractivity contribution in [1.29, 1.82) is 0 Å². The largest absolute Gasteiger partial charge is 0.384 e. The molecular formula is C16H23N3O2S. The Labute approximate surface area is 134 Å². The summed E-state index contributed by atoms with van der Waals surface area (Å²) in [6.07, 6.45) is 0.376. The smallest absolute Gasteiger partial charge is 0.220 e. The molecule has 5 nitrogen and oxygen atoms in total. The minimum absolute atomic E-state index is 0.0667. The average molecular weight is 321 g/mol. The molecule has 0 bridgehead atoms. The van der Waals surface area contributed by atoms with Gasteiger partial charge in [-0.15, -0.1) is 0 Å². The van der Waals surface area contributed by atoms with E-state index >= 15 is 0 Å². The maximum Gasteiger partial charge on any atom is 0.220 e. The second-order valence-corrected chi connectivity index (χ2v) is 6.80. The van der Waals surface area contributed by atoms with Gasteiger partial charge in [-0.3, -0.25) is 9.89 Å². The van der Waals surface area contributed by atoms with E-state index in [1.54, 1.807) is 6.92 Å². The molecule has 0 saturated heterocycles. The molecule has 0 saturated carbocycles. The highest BCUT2D eigenvalue weighted by Gasteiger charge is 2.25. The fourth-order valence-corrected chi connectivity index (χ4v) is 3.46. The first kappa shape index (κ1) is 16.7. The van der Waals surface area contributed by atoms with Crippen molar-refractivity contribution in [3.63, 3.8) is 0 Å². The molecule has 0 radical (unpaired) electrons. The van der Waals surface area contributed by atoms with Crippen LogP contribution in [0.25, 0.3) is 0 Å². The Kier molecular flexibility index (Phi) is 5.03. The number of nitrogens with zero attached hydrogens (tertiary/aromatic N) is 1. The molecule has 1 amide bonds. The summed E-state index contributed by atoms with van der Waals surface area (Å²) >= 11 is 1.53. The van der Waals surface area contributed by atoms with E-state index in [4.69, 9.17) is 0 Å². The summed E-state index contributed by atoms with van der Waals surface area (Å²) in [6.45, 7) is 7.84. The molecule has 0 aromatic carbocycles. The van der Waals surface area contributed by atoms with Crippen molar-refractivity contribution in [2.75, 3.05) is 6.54 Å². The Morgan fingerprint density at radius 2 is 2.27 bits per heavy atom. The SMILES string of the molecule is Cc1n[nH]c(C)c1C(C)CC(=O)NCC(C)(O)c1ccsc1. The van der Waals surface area contributed by atoms with Crippen LogP contribution < -0.4 is 5.32 Å². The van der Waals surface area contributed by atoms with Gasteiger partial charge in [0.2, 0.25) is 5.91 Å². The summed E-state index contributed by atoms with van der Waals surface area (Å²) in [5.74, 6) is 0.0212. The van der Waals surface area contributed by atoms with Crippen LogP contribution in [-0.2, 0) is 10.4 Å². The van der Waals surface area contributed by atoms with Crippen LogP contribution in [0.15, 0.2) is 16.8 Å². The molecule has 22 heavy (non-hydrogen) atoms. The summed E-state index contributed by atoms with van der Waals surface area (Å²) in [4.78, 5) is 12.1. The molecule has 2 aromatic heterocycles. The number of nitrogens with one attached hydrogen (secondary N) is 2. The van der Waals surface area contributed by atoms with E-state index in [1.807, 2.05) is 37.6 Å². The monoisotopic (exact) mass is 321 g/mol. The average Bonchev–Trinajstić information content (AvgIpc) is 3.07. The van der Waals surface area contributed by atoms with Gasteiger partial charge in [0, 0.05) is 12.1 Å². The topological polar surface area (TPSA) is 78.0 Å². The number of hydrogen-bond donors (Lipinski definition) is 3. The molecule has 120 valence electrons. The lowest BCUT2D eigenvalue weighted by Gasteiger charge is -2.23. The zero-order chi connectivity index (χ0) is 16.3. The minimum atomic E-state index is -1.04. The van der Waals surface area contributed by atoms with Gasteiger partial charge in [-0.25, -0.2) is 0 Å². The van der Waals surface area contributed by atoms with Gasteiger partial charge in [-0.05, 0) is 54.6 Å². The number of H-pyrrole nitrogens is 1. The summed E-state index contributed by atoms with van der Waals surface area (Å²) < 4.78 is 0. The highest BCUT2D eigenvalue weighted by Crippen LogP contribution is 2.25. The number of aromatic amines is 1. The van der Waals surface area contributed by atoms with Gasteiger partial charge in [0.1, 0.15) is 5.60 Å². The van der Waals surface area contributed by atoms with E-state index < -0.39 is 5.60 Å². The van der Waals surface area contributed by atoms with Crippen molar-refractivity contribution in [2.45, 2.75) is 45.6 Å². The van der Waals surface area contributed by atoms with Gasteiger partial charge in [-0.2, -0.15) is 16.4 Å². The predicted octanol–water partition coefficient (Wildman–Crippen LogP) is 2.61. The summed E-state index contributed by atoms with van der Waals surface area (Å²) in [5, 5.41) is 24.2. The lowest BCUT2D eigenvalue weighted by atomic mass is 9.95. The van der Waals surface area contributed by atoms with E-state index in [-0.39, 0.29) is 18.4 Å². The quantitative estimate of drug-likeness (QED) is 0.765. The number of amides is 1. The Morgan fingerprint density at radius 3 is 2.82 bits per heavy atom. The van der Waals surface area contributed by atoms with Gasteiger partial charge in [-0.1, -0.05) is 6.92 Å². The summed E-state index contributed by atoms with van der Waals surface area (Å²) in [7, 11) is 0. The standard InChI is InChI=1S/C16H23N3O2S/c1-10(15-11(2)18-19-12(15)3)7-14(20)17-9-16(4,21)13-5-6-22-8-13/h5-6,8,10,21H,7,9H2,1-4H3,(H,17,20)(H,18,19). The summed E-state index contributed by atoms with van der Waals surface area (Å²) in [5.41, 5.74) is 2.82. The maximum absolute atomic E-state index is 12.1. The van der Waals surface area contributed by atoms with Gasteiger partial charge in [0.15, 0.2) is 0 Å². The molecule has 2 heterocycles. The molecule has 0 aliphatic carbocycles. The van der Waals surface area contributed by atoms with E-state index in [2.05, 4.69) is 15.5 Å². The van der Waals surface area contributed by atoms with E-state index in [0.717, 1.165) is 22.5 Å². The lowest BCUT2D eigenvalue weighted by molar-refractivity contribution is -0.122. The molecule has 2 rings (SSSR count). The third-order valence-corrected chi connectivity index (χ3v) is 4.63. The van der Waals surface area contributed by atoms with Crippen molar-refractivity contribution in [1.82, 2.24) is 15.5 Å². The zero-order valence-electron chi connectivity index (χ0n) is 13.4. The first-order valence-electron chi connectivity index (χ1n) is 7.34. The van der Waals surface area contributed by atoms with Crippen molar-refractivity contribution in [3.05, 3.63) is 39.3 Å². The first-order valence-corrected chi connectivity index (χ1v) is 8.28. The number of carbonyl (C=O) groups excluding carboxylic acids is 1. The van der Waals surface area contributed by atoms with Crippen LogP contribution >= 0.6 is 11.3 Å². The number of aliphatic hydroxyl groups is 1. The molecule has 0 aliphatic heterocycles. The van der Waals surface area contributed by atoms with Gasteiger partial charge in [0.05, 0.1) is 12.2 Å². The van der Waals surface area contributed by atoms with Crippen LogP contribution in [-0.4, -0.2) is 27.8 Å². The first-order chi connectivity index (χ1) is 10.3. The Bertz CT molecular complexity index is 612. The fourth-order valence-electron chi connectivity index (χ4n) is 2.68. The van der Waals surface area contributed by atoms with Crippen molar-refractivity contribution < 1.29 is 9.90 Å². The highest BCUT2D eigenvalue weighted by molar-refractivity contribution is 7.08. The van der Waals surface area contributed by atoms with Crippen LogP contribution in [0.3, 0.4) is 0 Å². The van der Waals surface area contributed by atoms with Gasteiger partial charge >= 0.3 is 0 Å². The number of rotatable bonds is 6. The third-order valence-electron chi connectivity index (χ3n) is 3.94. The highest BCUT2D eigenvalue weighted by atomic mass is 32.1. The van der Waals surface area contributed by atoms with Crippen molar-refractivity contribution in [3.8, 4) is 0 Å². The Hall–Kier alpha value is -1.66. The molecule has 0 aliphatic rings. The number of carbonyl (C=O) groups is 1.